The van der Waals surface area contributed by atoms with Crippen LogP contribution in [0, 0.1) is 5.92 Å². The normalized spacial score (nSPS) is 23.7. The summed E-state index contributed by atoms with van der Waals surface area (Å²) in [5, 5.41) is 11.7. The number of benzene rings is 1. The van der Waals surface area contributed by atoms with Gasteiger partial charge in [0.25, 0.3) is 0 Å². The molecule has 2 atom stereocenters. The van der Waals surface area contributed by atoms with Crippen molar-refractivity contribution in [2.45, 2.75) is 25.3 Å². The second-order valence-corrected chi connectivity index (χ2v) is 7.13. The van der Waals surface area contributed by atoms with Crippen LogP contribution in [-0.4, -0.2) is 45.8 Å². The number of anilines is 1. The Balaban J connectivity index is 1.75. The first-order valence-corrected chi connectivity index (χ1v) is 8.90. The summed E-state index contributed by atoms with van der Waals surface area (Å²) < 4.78 is 3.03. The molecule has 8 heteroatoms. The average molecular weight is 358 g/mol. The fourth-order valence-corrected chi connectivity index (χ4v) is 3.99. The molecule has 1 aromatic heterocycles. The van der Waals surface area contributed by atoms with Crippen LogP contribution in [0.15, 0.2) is 23.0 Å². The average Bonchev–Trinajstić information content (AvgIpc) is 3.20. The lowest BCUT2D eigenvalue weighted by Crippen LogP contribution is -2.44. The summed E-state index contributed by atoms with van der Waals surface area (Å²) in [7, 11) is 1.69. The Morgan fingerprint density at radius 3 is 2.69 bits per heavy atom. The summed E-state index contributed by atoms with van der Waals surface area (Å²) in [5.41, 5.74) is 2.18. The highest BCUT2D eigenvalue weighted by Gasteiger charge is 2.31. The molecule has 1 aromatic carbocycles. The maximum absolute atomic E-state index is 12.8. The number of amides is 2. The number of carbonyl (C=O) groups is 2. The summed E-state index contributed by atoms with van der Waals surface area (Å²) in [6.07, 6.45) is 1.51. The number of aryl methyl sites for hydroxylation is 1. The monoisotopic (exact) mass is 358 g/mol. The number of rotatable bonds is 3. The first-order valence-electron chi connectivity index (χ1n) is 8.90. The number of imide groups is 1. The molecule has 8 nitrogen and oxygen atoms in total. The number of aromatic nitrogens is 2. The van der Waals surface area contributed by atoms with Crippen molar-refractivity contribution in [1.29, 1.82) is 0 Å². The number of imidazole rings is 1. The predicted molar refractivity (Wildman–Crippen MR) is 96.0 cm³/mol. The van der Waals surface area contributed by atoms with Crippen LogP contribution in [0.1, 0.15) is 25.3 Å². The molecular formula is C18H22N4O4. The SMILES string of the molecule is Cn1c(=O)n([C@@H]2CCC(=O)NC2=O)c2ccc(N3CC[C@@H](CO)C3)cc21. The van der Waals surface area contributed by atoms with Gasteiger partial charge in [0.2, 0.25) is 11.8 Å². The maximum Gasteiger partial charge on any atom is 0.329 e. The number of hydrogen-bond acceptors (Lipinski definition) is 5. The van der Waals surface area contributed by atoms with E-state index in [0.29, 0.717) is 11.9 Å². The second-order valence-electron chi connectivity index (χ2n) is 7.13. The Morgan fingerprint density at radius 2 is 2.00 bits per heavy atom. The highest BCUT2D eigenvalue weighted by atomic mass is 16.3. The standard InChI is InChI=1S/C18H22N4O4/c1-20-15-8-12(21-7-6-11(9-21)10-23)2-3-13(15)22(18(20)26)14-4-5-16(24)19-17(14)25/h2-3,8,11,14,23H,4-7,9-10H2,1H3,(H,19,24,25)/t11-,14-/m1/s1. The molecule has 0 unspecified atom stereocenters. The van der Waals surface area contributed by atoms with E-state index in [4.69, 9.17) is 0 Å². The number of aliphatic hydroxyl groups is 1. The lowest BCUT2D eigenvalue weighted by molar-refractivity contribution is -0.135. The van der Waals surface area contributed by atoms with E-state index in [0.717, 1.165) is 30.7 Å². The van der Waals surface area contributed by atoms with E-state index >= 15 is 0 Å². The van der Waals surface area contributed by atoms with E-state index in [1.165, 1.54) is 4.57 Å². The molecule has 0 bridgehead atoms. The quantitative estimate of drug-likeness (QED) is 0.761. The number of nitrogens with one attached hydrogen (secondary N) is 1. The number of carbonyl (C=O) groups excluding carboxylic acids is 2. The van der Waals surface area contributed by atoms with E-state index in [2.05, 4.69) is 10.2 Å². The van der Waals surface area contributed by atoms with E-state index in [9.17, 15) is 19.5 Å². The predicted octanol–water partition coefficient (Wildman–Crippen LogP) is 0.136. The minimum absolute atomic E-state index is 0.184. The third kappa shape index (κ3) is 2.61. The molecule has 138 valence electrons. The first-order chi connectivity index (χ1) is 12.5. The minimum atomic E-state index is -0.666. The third-order valence-corrected chi connectivity index (χ3v) is 5.50. The van der Waals surface area contributed by atoms with E-state index in [-0.39, 0.29) is 30.5 Å². The van der Waals surface area contributed by atoms with E-state index < -0.39 is 11.9 Å². The van der Waals surface area contributed by atoms with Crippen LogP contribution in [0.3, 0.4) is 0 Å². The van der Waals surface area contributed by atoms with Gasteiger partial charge in [0.1, 0.15) is 6.04 Å². The molecule has 2 saturated heterocycles. The van der Waals surface area contributed by atoms with Gasteiger partial charge in [-0.25, -0.2) is 4.79 Å². The molecular weight excluding hydrogens is 336 g/mol. The minimum Gasteiger partial charge on any atom is -0.396 e. The van der Waals surface area contributed by atoms with Gasteiger partial charge in [-0.15, -0.1) is 0 Å². The van der Waals surface area contributed by atoms with Crippen LogP contribution in [0.25, 0.3) is 11.0 Å². The zero-order chi connectivity index (χ0) is 18.4. The van der Waals surface area contributed by atoms with Crippen molar-refractivity contribution in [3.05, 3.63) is 28.7 Å². The van der Waals surface area contributed by atoms with Gasteiger partial charge in [0.05, 0.1) is 11.0 Å². The van der Waals surface area contributed by atoms with E-state index in [1.54, 1.807) is 11.6 Å². The molecule has 3 heterocycles. The van der Waals surface area contributed by atoms with Crippen LogP contribution in [0.4, 0.5) is 5.69 Å². The number of fused-ring (bicyclic) bond motifs is 1. The Labute approximate surface area is 150 Å². The topological polar surface area (TPSA) is 96.6 Å². The van der Waals surface area contributed by atoms with E-state index in [1.807, 2.05) is 18.2 Å². The molecule has 0 radical (unpaired) electrons. The van der Waals surface area contributed by atoms with Crippen molar-refractivity contribution < 1.29 is 14.7 Å². The van der Waals surface area contributed by atoms with Gasteiger partial charge in [-0.2, -0.15) is 0 Å². The van der Waals surface area contributed by atoms with Gasteiger partial charge >= 0.3 is 5.69 Å². The number of aliphatic hydroxyl groups excluding tert-OH is 1. The second kappa shape index (κ2) is 6.28. The van der Waals surface area contributed by atoms with Gasteiger partial charge in [-0.3, -0.25) is 24.0 Å². The highest BCUT2D eigenvalue weighted by molar-refractivity contribution is 6.00. The van der Waals surface area contributed by atoms with Crippen LogP contribution < -0.4 is 15.9 Å². The number of piperidine rings is 1. The Bertz CT molecular complexity index is 945. The largest absolute Gasteiger partial charge is 0.396 e. The van der Waals surface area contributed by atoms with Crippen LogP contribution >= 0.6 is 0 Å². The summed E-state index contributed by atoms with van der Waals surface area (Å²) in [6.45, 7) is 1.85. The lowest BCUT2D eigenvalue weighted by Gasteiger charge is -2.22. The fourth-order valence-electron chi connectivity index (χ4n) is 3.99. The van der Waals surface area contributed by atoms with Crippen molar-refractivity contribution >= 4 is 28.5 Å². The molecule has 26 heavy (non-hydrogen) atoms. The molecule has 0 aliphatic carbocycles. The van der Waals surface area contributed by atoms with Crippen LogP contribution in [0.2, 0.25) is 0 Å². The molecule has 0 spiro atoms. The number of nitrogens with zero attached hydrogens (tertiary/aromatic N) is 3. The Morgan fingerprint density at radius 1 is 1.19 bits per heavy atom. The molecule has 2 aliphatic heterocycles. The Kier molecular flexibility index (Phi) is 4.07. The molecule has 2 aromatic rings. The molecule has 2 N–H and O–H groups in total. The van der Waals surface area contributed by atoms with Crippen molar-refractivity contribution in [1.82, 2.24) is 14.5 Å². The summed E-state index contributed by atoms with van der Waals surface area (Å²) in [4.78, 5) is 38.6. The van der Waals surface area contributed by atoms with Crippen molar-refractivity contribution in [2.24, 2.45) is 13.0 Å². The molecule has 4 rings (SSSR count). The summed E-state index contributed by atoms with van der Waals surface area (Å²) in [6, 6.07) is 5.10. The van der Waals surface area contributed by atoms with Gasteiger partial charge in [-0.05, 0) is 31.0 Å². The summed E-state index contributed by atoms with van der Waals surface area (Å²) >= 11 is 0. The highest BCUT2D eigenvalue weighted by Crippen LogP contribution is 2.29. The number of hydrogen-bond donors (Lipinski definition) is 2. The van der Waals surface area contributed by atoms with Crippen LogP contribution in [-0.2, 0) is 16.6 Å². The summed E-state index contributed by atoms with van der Waals surface area (Å²) in [5.74, 6) is -0.442. The van der Waals surface area contributed by atoms with Gasteiger partial charge in [0.15, 0.2) is 0 Å². The smallest absolute Gasteiger partial charge is 0.329 e. The first kappa shape index (κ1) is 16.8. The Hall–Kier alpha value is -2.61. The molecule has 2 fully saturated rings. The van der Waals surface area contributed by atoms with Crippen molar-refractivity contribution in [3.63, 3.8) is 0 Å². The third-order valence-electron chi connectivity index (χ3n) is 5.50. The van der Waals surface area contributed by atoms with Gasteiger partial charge in [-0.1, -0.05) is 0 Å². The lowest BCUT2D eigenvalue weighted by atomic mass is 10.1. The maximum atomic E-state index is 12.8. The van der Waals surface area contributed by atoms with Crippen LogP contribution in [0.5, 0.6) is 0 Å². The molecule has 2 amide bonds. The molecule has 2 aliphatic rings. The van der Waals surface area contributed by atoms with Gasteiger partial charge in [0, 0.05) is 44.8 Å². The van der Waals surface area contributed by atoms with Crippen molar-refractivity contribution in [3.8, 4) is 0 Å². The zero-order valence-electron chi connectivity index (χ0n) is 14.6. The fraction of sp³-hybridized carbons (Fsp3) is 0.500. The molecule has 0 saturated carbocycles. The van der Waals surface area contributed by atoms with Crippen molar-refractivity contribution in [2.75, 3.05) is 24.6 Å². The zero-order valence-corrected chi connectivity index (χ0v) is 14.6. The van der Waals surface area contributed by atoms with Gasteiger partial charge < -0.3 is 10.0 Å².